The van der Waals surface area contributed by atoms with Gasteiger partial charge in [-0.15, -0.1) is 0 Å². The first-order valence-electron chi connectivity index (χ1n) is 11.3. The molecule has 32 heavy (non-hydrogen) atoms. The number of nitrogens with zero attached hydrogens (tertiary/aromatic N) is 2. The lowest BCUT2D eigenvalue weighted by molar-refractivity contribution is -0.123. The predicted molar refractivity (Wildman–Crippen MR) is 125 cm³/mol. The Bertz CT molecular complexity index is 914. The fourth-order valence-corrected chi connectivity index (χ4v) is 4.50. The van der Waals surface area contributed by atoms with Crippen molar-refractivity contribution < 1.29 is 19.0 Å². The smallest absolute Gasteiger partial charge is 0.258 e. The quantitative estimate of drug-likeness (QED) is 0.682. The zero-order valence-electron chi connectivity index (χ0n) is 19.0. The second-order valence-corrected chi connectivity index (χ2v) is 8.32. The number of carbonyl (C=O) groups excluding carboxylic acids is 1. The monoisotopic (exact) mass is 439 g/mol. The highest BCUT2D eigenvalue weighted by molar-refractivity contribution is 5.77. The van der Waals surface area contributed by atoms with Crippen molar-refractivity contribution >= 4 is 11.6 Å². The van der Waals surface area contributed by atoms with E-state index < -0.39 is 0 Å². The van der Waals surface area contributed by atoms with E-state index in [1.54, 1.807) is 13.2 Å². The Kier molecular flexibility index (Phi) is 7.50. The fraction of sp³-hybridized carbons (Fsp3) is 0.480. The summed E-state index contributed by atoms with van der Waals surface area (Å²) in [6, 6.07) is 14.2. The molecule has 0 aromatic heterocycles. The number of morpholine rings is 1. The van der Waals surface area contributed by atoms with Crippen LogP contribution in [0, 0.1) is 0 Å². The number of rotatable bonds is 8. The van der Waals surface area contributed by atoms with Gasteiger partial charge in [-0.1, -0.05) is 24.3 Å². The van der Waals surface area contributed by atoms with Gasteiger partial charge in [0.2, 0.25) is 0 Å². The molecular formula is C25H33N3O4. The predicted octanol–water partition coefficient (Wildman–Crippen LogP) is 2.65. The maximum absolute atomic E-state index is 12.6. The van der Waals surface area contributed by atoms with Gasteiger partial charge in [0.1, 0.15) is 0 Å². The van der Waals surface area contributed by atoms with Gasteiger partial charge in [0.25, 0.3) is 5.91 Å². The molecule has 2 aromatic carbocycles. The van der Waals surface area contributed by atoms with Gasteiger partial charge in [0.05, 0.1) is 26.4 Å². The van der Waals surface area contributed by atoms with E-state index in [-0.39, 0.29) is 18.6 Å². The third kappa shape index (κ3) is 5.34. The molecule has 172 valence electrons. The molecule has 7 nitrogen and oxygen atoms in total. The standard InChI is InChI=1S/C25H33N3O4/c1-27-11-5-6-19-16-20(9-10-21(19)27)22(28-12-14-31-15-13-28)17-26-25(29)18-32-24-8-4-3-7-23(24)30-2/h3-4,7-10,16,22H,5-6,11-15,17-18H2,1-2H3,(H,26,29). The second-order valence-electron chi connectivity index (χ2n) is 8.32. The first-order valence-corrected chi connectivity index (χ1v) is 11.3. The molecule has 1 N–H and O–H groups in total. The lowest BCUT2D eigenvalue weighted by Crippen LogP contribution is -2.44. The number of aryl methyl sites for hydroxylation is 1. The van der Waals surface area contributed by atoms with Crippen LogP contribution in [0.3, 0.4) is 0 Å². The number of methoxy groups -OCH3 is 1. The van der Waals surface area contributed by atoms with Crippen LogP contribution in [0.4, 0.5) is 5.69 Å². The van der Waals surface area contributed by atoms with Crippen molar-refractivity contribution in [2.24, 2.45) is 0 Å². The lowest BCUT2D eigenvalue weighted by Gasteiger charge is -2.36. The van der Waals surface area contributed by atoms with Crippen LogP contribution in [0.15, 0.2) is 42.5 Å². The van der Waals surface area contributed by atoms with Gasteiger partial charge in [-0.2, -0.15) is 0 Å². The Hall–Kier alpha value is -2.77. The molecule has 2 aromatic rings. The van der Waals surface area contributed by atoms with Crippen molar-refractivity contribution in [2.75, 3.05) is 65.1 Å². The average molecular weight is 440 g/mol. The maximum Gasteiger partial charge on any atom is 0.258 e. The van der Waals surface area contributed by atoms with E-state index in [2.05, 4.69) is 40.4 Å². The molecule has 7 heteroatoms. The summed E-state index contributed by atoms with van der Waals surface area (Å²) in [5.41, 5.74) is 3.95. The van der Waals surface area contributed by atoms with Crippen LogP contribution < -0.4 is 19.7 Å². The van der Waals surface area contributed by atoms with Crippen molar-refractivity contribution in [3.63, 3.8) is 0 Å². The third-order valence-corrected chi connectivity index (χ3v) is 6.25. The topological polar surface area (TPSA) is 63.3 Å². The Morgan fingerprint density at radius 3 is 2.69 bits per heavy atom. The highest BCUT2D eigenvalue weighted by Crippen LogP contribution is 2.31. The van der Waals surface area contributed by atoms with Gasteiger partial charge in [0.15, 0.2) is 18.1 Å². The molecule has 0 spiro atoms. The van der Waals surface area contributed by atoms with Gasteiger partial charge in [-0.3, -0.25) is 9.69 Å². The van der Waals surface area contributed by atoms with Crippen LogP contribution in [0.25, 0.3) is 0 Å². The second kappa shape index (κ2) is 10.7. The molecule has 0 aliphatic carbocycles. The molecule has 1 amide bonds. The number of nitrogens with one attached hydrogen (secondary N) is 1. The molecule has 1 saturated heterocycles. The molecule has 2 heterocycles. The van der Waals surface area contributed by atoms with Gasteiger partial charge < -0.3 is 24.4 Å². The van der Waals surface area contributed by atoms with Gasteiger partial charge >= 0.3 is 0 Å². The average Bonchev–Trinajstić information content (AvgIpc) is 2.84. The number of anilines is 1. The van der Waals surface area contributed by atoms with E-state index in [4.69, 9.17) is 14.2 Å². The normalized spacial score (nSPS) is 17.4. The number of para-hydroxylation sites is 2. The number of hydrogen-bond acceptors (Lipinski definition) is 6. The first-order chi connectivity index (χ1) is 15.7. The molecule has 1 atom stereocenters. The van der Waals surface area contributed by atoms with Crippen LogP contribution in [-0.2, 0) is 16.0 Å². The van der Waals surface area contributed by atoms with E-state index in [0.717, 1.165) is 39.3 Å². The third-order valence-electron chi connectivity index (χ3n) is 6.25. The van der Waals surface area contributed by atoms with Crippen LogP contribution in [0.2, 0.25) is 0 Å². The number of amides is 1. The Morgan fingerprint density at radius 2 is 1.91 bits per heavy atom. The van der Waals surface area contributed by atoms with E-state index in [0.29, 0.717) is 18.0 Å². The molecule has 2 aliphatic rings. The zero-order chi connectivity index (χ0) is 22.3. The van der Waals surface area contributed by atoms with Crippen molar-refractivity contribution in [3.8, 4) is 11.5 Å². The summed E-state index contributed by atoms with van der Waals surface area (Å²) in [7, 11) is 3.74. The van der Waals surface area contributed by atoms with Crippen LogP contribution in [-0.4, -0.2) is 71.0 Å². The molecule has 0 saturated carbocycles. The Morgan fingerprint density at radius 1 is 1.12 bits per heavy atom. The molecule has 1 unspecified atom stereocenters. The van der Waals surface area contributed by atoms with Gasteiger partial charge in [-0.25, -0.2) is 0 Å². The van der Waals surface area contributed by atoms with Crippen LogP contribution in [0.5, 0.6) is 11.5 Å². The lowest BCUT2D eigenvalue weighted by atomic mass is 9.95. The summed E-state index contributed by atoms with van der Waals surface area (Å²) >= 11 is 0. The summed E-state index contributed by atoms with van der Waals surface area (Å²) in [6.45, 7) is 4.73. The van der Waals surface area contributed by atoms with Crippen molar-refractivity contribution in [1.82, 2.24) is 10.2 Å². The summed E-state index contributed by atoms with van der Waals surface area (Å²) in [5.74, 6) is 1.03. The summed E-state index contributed by atoms with van der Waals surface area (Å²) in [4.78, 5) is 17.3. The number of ether oxygens (including phenoxy) is 3. The van der Waals surface area contributed by atoms with Crippen molar-refractivity contribution in [1.29, 1.82) is 0 Å². The van der Waals surface area contributed by atoms with Crippen LogP contribution in [0.1, 0.15) is 23.6 Å². The number of benzene rings is 2. The zero-order valence-corrected chi connectivity index (χ0v) is 19.0. The van der Waals surface area contributed by atoms with E-state index in [1.165, 1.54) is 23.2 Å². The summed E-state index contributed by atoms with van der Waals surface area (Å²) in [6.07, 6.45) is 2.27. The Labute approximate surface area is 190 Å². The first kappa shape index (κ1) is 22.4. The molecule has 4 rings (SSSR count). The molecule has 1 fully saturated rings. The van der Waals surface area contributed by atoms with Gasteiger partial charge in [-0.05, 0) is 42.2 Å². The summed E-state index contributed by atoms with van der Waals surface area (Å²) < 4.78 is 16.5. The largest absolute Gasteiger partial charge is 0.493 e. The summed E-state index contributed by atoms with van der Waals surface area (Å²) in [5, 5.41) is 3.08. The molecule has 0 radical (unpaired) electrons. The number of carbonyl (C=O) groups is 1. The molecular weight excluding hydrogens is 406 g/mol. The Balaban J connectivity index is 1.42. The number of hydrogen-bond donors (Lipinski definition) is 1. The van der Waals surface area contributed by atoms with Gasteiger partial charge in [0, 0.05) is 38.9 Å². The highest BCUT2D eigenvalue weighted by atomic mass is 16.5. The minimum absolute atomic E-state index is 0.0504. The molecule has 2 aliphatic heterocycles. The van der Waals surface area contributed by atoms with E-state index >= 15 is 0 Å². The maximum atomic E-state index is 12.6. The fourth-order valence-electron chi connectivity index (χ4n) is 4.50. The van der Waals surface area contributed by atoms with Crippen molar-refractivity contribution in [2.45, 2.75) is 18.9 Å². The van der Waals surface area contributed by atoms with E-state index in [1.807, 2.05) is 18.2 Å². The number of fused-ring (bicyclic) bond motifs is 1. The van der Waals surface area contributed by atoms with Crippen molar-refractivity contribution in [3.05, 3.63) is 53.6 Å². The van der Waals surface area contributed by atoms with Crippen LogP contribution >= 0.6 is 0 Å². The minimum Gasteiger partial charge on any atom is -0.493 e. The molecule has 0 bridgehead atoms. The SMILES string of the molecule is COc1ccccc1OCC(=O)NCC(c1ccc2c(c1)CCCN2C)N1CCOCC1. The highest BCUT2D eigenvalue weighted by Gasteiger charge is 2.25. The van der Waals surface area contributed by atoms with E-state index in [9.17, 15) is 4.79 Å². The minimum atomic E-state index is -0.146.